The molecular formula is C15H20F3IN2O2. The largest absolute Gasteiger partial charge is 0.493 e. The average molecular weight is 444 g/mol. The lowest BCUT2D eigenvalue weighted by Gasteiger charge is -2.32. The number of piperazine rings is 1. The monoisotopic (exact) mass is 444 g/mol. The summed E-state index contributed by atoms with van der Waals surface area (Å²) >= 11 is 1.98. The summed E-state index contributed by atoms with van der Waals surface area (Å²) in [5.41, 5.74) is 1.000. The van der Waals surface area contributed by atoms with Crippen molar-refractivity contribution in [3.8, 4) is 11.5 Å². The van der Waals surface area contributed by atoms with Gasteiger partial charge < -0.3 is 14.8 Å². The highest BCUT2D eigenvalue weighted by Crippen LogP contribution is 2.35. The highest BCUT2D eigenvalue weighted by atomic mass is 127. The number of hydrogen-bond donors (Lipinski definition) is 1. The van der Waals surface area contributed by atoms with Crippen molar-refractivity contribution < 1.29 is 22.6 Å². The third kappa shape index (κ3) is 5.68. The lowest BCUT2D eigenvalue weighted by molar-refractivity contribution is -0.153. The van der Waals surface area contributed by atoms with E-state index in [1.165, 1.54) is 7.11 Å². The predicted octanol–water partition coefficient (Wildman–Crippen LogP) is 3.03. The van der Waals surface area contributed by atoms with Crippen molar-refractivity contribution in [3.63, 3.8) is 0 Å². The van der Waals surface area contributed by atoms with E-state index in [1.807, 2.05) is 28.7 Å². The molecule has 0 aliphatic carbocycles. The molecule has 1 saturated heterocycles. The normalized spacial score (nSPS) is 19.7. The first-order chi connectivity index (χ1) is 10.8. The van der Waals surface area contributed by atoms with Gasteiger partial charge in [-0.2, -0.15) is 13.2 Å². The van der Waals surface area contributed by atoms with Gasteiger partial charge in [0.25, 0.3) is 0 Å². The van der Waals surface area contributed by atoms with Crippen LogP contribution in [0.25, 0.3) is 0 Å². The van der Waals surface area contributed by atoms with Gasteiger partial charge in [0.05, 0.1) is 10.7 Å². The molecule has 2 rings (SSSR count). The van der Waals surface area contributed by atoms with Gasteiger partial charge in [-0.15, -0.1) is 0 Å². The molecule has 23 heavy (non-hydrogen) atoms. The molecule has 8 heteroatoms. The van der Waals surface area contributed by atoms with E-state index < -0.39 is 12.8 Å². The first kappa shape index (κ1) is 18.6. The number of hydrogen-bond acceptors (Lipinski definition) is 4. The lowest BCUT2D eigenvalue weighted by Crippen LogP contribution is -2.48. The maximum absolute atomic E-state index is 12.4. The Kier molecular flexibility index (Phi) is 6.38. The summed E-state index contributed by atoms with van der Waals surface area (Å²) in [7, 11) is 1.43. The highest BCUT2D eigenvalue weighted by Gasteiger charge is 2.29. The first-order valence-electron chi connectivity index (χ1n) is 7.30. The quantitative estimate of drug-likeness (QED) is 0.709. The summed E-state index contributed by atoms with van der Waals surface area (Å²) < 4.78 is 47.8. The molecule has 1 aromatic carbocycles. The van der Waals surface area contributed by atoms with Crippen LogP contribution in [0.5, 0.6) is 11.5 Å². The molecule has 1 atom stereocenters. The van der Waals surface area contributed by atoms with Crippen LogP contribution in [-0.2, 0) is 6.54 Å². The van der Waals surface area contributed by atoms with Crippen LogP contribution < -0.4 is 14.8 Å². The molecule has 1 N–H and O–H groups in total. The second-order valence-corrected chi connectivity index (χ2v) is 6.77. The Balaban J connectivity index is 2.12. The number of alkyl halides is 3. The van der Waals surface area contributed by atoms with Crippen LogP contribution in [0, 0.1) is 3.57 Å². The summed E-state index contributed by atoms with van der Waals surface area (Å²) in [5.74, 6) is 0.474. The van der Waals surface area contributed by atoms with Crippen LogP contribution in [0.2, 0.25) is 0 Å². The fourth-order valence-corrected chi connectivity index (χ4v) is 3.39. The minimum absolute atomic E-state index is 0.142. The third-order valence-corrected chi connectivity index (χ3v) is 4.33. The molecule has 0 amide bonds. The molecule has 4 nitrogen and oxygen atoms in total. The molecule has 1 aliphatic rings. The summed E-state index contributed by atoms with van der Waals surface area (Å²) in [5, 5.41) is 3.38. The Hall–Kier alpha value is -0.740. The Morgan fingerprint density at radius 1 is 1.39 bits per heavy atom. The van der Waals surface area contributed by atoms with Crippen molar-refractivity contribution in [3.05, 3.63) is 21.3 Å². The van der Waals surface area contributed by atoms with Gasteiger partial charge in [0.15, 0.2) is 18.1 Å². The van der Waals surface area contributed by atoms with Crippen LogP contribution in [0.1, 0.15) is 12.5 Å². The smallest absolute Gasteiger partial charge is 0.422 e. The van der Waals surface area contributed by atoms with E-state index in [9.17, 15) is 13.2 Å². The zero-order chi connectivity index (χ0) is 17.0. The summed E-state index contributed by atoms with van der Waals surface area (Å²) in [6.45, 7) is 4.35. The van der Waals surface area contributed by atoms with Crippen molar-refractivity contribution in [2.45, 2.75) is 25.7 Å². The van der Waals surface area contributed by atoms with Crippen molar-refractivity contribution in [1.82, 2.24) is 10.2 Å². The molecule has 130 valence electrons. The van der Waals surface area contributed by atoms with E-state index in [-0.39, 0.29) is 5.75 Å². The fourth-order valence-electron chi connectivity index (χ4n) is 2.57. The molecule has 0 radical (unpaired) electrons. The van der Waals surface area contributed by atoms with E-state index >= 15 is 0 Å². The van der Waals surface area contributed by atoms with Crippen molar-refractivity contribution in [1.29, 1.82) is 0 Å². The van der Waals surface area contributed by atoms with Gasteiger partial charge >= 0.3 is 6.18 Å². The Morgan fingerprint density at radius 3 is 2.74 bits per heavy atom. The molecular weight excluding hydrogens is 424 g/mol. The molecule has 1 aromatic rings. The fraction of sp³-hybridized carbons (Fsp3) is 0.600. The van der Waals surface area contributed by atoms with Crippen molar-refractivity contribution in [2.24, 2.45) is 0 Å². The molecule has 0 saturated carbocycles. The zero-order valence-electron chi connectivity index (χ0n) is 13.0. The topological polar surface area (TPSA) is 33.7 Å². The van der Waals surface area contributed by atoms with Crippen LogP contribution in [0.4, 0.5) is 13.2 Å². The van der Waals surface area contributed by atoms with E-state index in [0.717, 1.165) is 31.7 Å². The number of nitrogens with zero attached hydrogens (tertiary/aromatic N) is 1. The molecule has 1 aliphatic heterocycles. The van der Waals surface area contributed by atoms with Gasteiger partial charge in [-0.05, 0) is 47.2 Å². The van der Waals surface area contributed by atoms with Gasteiger partial charge in [-0.25, -0.2) is 0 Å². The Labute approximate surface area is 147 Å². The minimum atomic E-state index is -4.37. The number of ether oxygens (including phenoxy) is 2. The van der Waals surface area contributed by atoms with E-state index in [0.29, 0.717) is 15.4 Å². The second kappa shape index (κ2) is 7.89. The van der Waals surface area contributed by atoms with Gasteiger partial charge in [0.1, 0.15) is 0 Å². The molecule has 0 bridgehead atoms. The molecule has 1 unspecified atom stereocenters. The van der Waals surface area contributed by atoms with Gasteiger partial charge in [-0.1, -0.05) is 0 Å². The van der Waals surface area contributed by atoms with E-state index in [1.54, 1.807) is 6.07 Å². The number of rotatable bonds is 5. The maximum atomic E-state index is 12.4. The first-order valence-corrected chi connectivity index (χ1v) is 8.38. The number of halogens is 4. The molecule has 0 spiro atoms. The predicted molar refractivity (Wildman–Crippen MR) is 90.0 cm³/mol. The number of nitrogens with one attached hydrogen (secondary N) is 1. The molecule has 1 fully saturated rings. The average Bonchev–Trinajstić information content (AvgIpc) is 2.44. The SMILES string of the molecule is COc1cc(CN2CCNC(C)C2)cc(I)c1OCC(F)(F)F. The van der Waals surface area contributed by atoms with Gasteiger partial charge in [0, 0.05) is 32.2 Å². The Bertz CT molecular complexity index is 540. The van der Waals surface area contributed by atoms with Crippen LogP contribution in [0.3, 0.4) is 0 Å². The van der Waals surface area contributed by atoms with Gasteiger partial charge in [-0.3, -0.25) is 4.90 Å². The molecule has 1 heterocycles. The van der Waals surface area contributed by atoms with Crippen LogP contribution >= 0.6 is 22.6 Å². The Morgan fingerprint density at radius 2 is 2.13 bits per heavy atom. The van der Waals surface area contributed by atoms with E-state index in [2.05, 4.69) is 17.1 Å². The number of methoxy groups -OCH3 is 1. The summed E-state index contributed by atoms with van der Waals surface area (Å²) in [4.78, 5) is 2.31. The van der Waals surface area contributed by atoms with Gasteiger partial charge in [0.2, 0.25) is 0 Å². The van der Waals surface area contributed by atoms with Crippen molar-refractivity contribution in [2.75, 3.05) is 33.4 Å². The molecule has 0 aromatic heterocycles. The third-order valence-electron chi connectivity index (χ3n) is 3.53. The second-order valence-electron chi connectivity index (χ2n) is 5.60. The number of benzene rings is 1. The summed E-state index contributed by atoms with van der Waals surface area (Å²) in [6.07, 6.45) is -4.37. The standard InChI is InChI=1S/C15H20F3IN2O2/c1-10-7-21(4-3-20-10)8-11-5-12(19)14(13(6-11)22-2)23-9-15(16,17)18/h5-6,10,20H,3-4,7-9H2,1-2H3. The summed E-state index contributed by atoms with van der Waals surface area (Å²) in [6, 6.07) is 4.03. The van der Waals surface area contributed by atoms with E-state index in [4.69, 9.17) is 9.47 Å². The zero-order valence-corrected chi connectivity index (χ0v) is 15.2. The van der Waals surface area contributed by atoms with Crippen molar-refractivity contribution >= 4 is 22.6 Å². The van der Waals surface area contributed by atoms with Crippen LogP contribution in [0.15, 0.2) is 12.1 Å². The minimum Gasteiger partial charge on any atom is -0.493 e. The lowest BCUT2D eigenvalue weighted by atomic mass is 10.1. The highest BCUT2D eigenvalue weighted by molar-refractivity contribution is 14.1. The maximum Gasteiger partial charge on any atom is 0.422 e. The van der Waals surface area contributed by atoms with Crippen LogP contribution in [-0.4, -0.2) is 50.5 Å².